The second kappa shape index (κ2) is 6.34. The third-order valence-electron chi connectivity index (χ3n) is 3.64. The summed E-state index contributed by atoms with van der Waals surface area (Å²) in [6.07, 6.45) is 1.82. The van der Waals surface area contributed by atoms with Gasteiger partial charge in [0.1, 0.15) is 11.9 Å². The van der Waals surface area contributed by atoms with Crippen LogP contribution in [0.2, 0.25) is 5.02 Å². The Hall–Kier alpha value is -1.10. The lowest BCUT2D eigenvalue weighted by molar-refractivity contribution is 0.0395. The summed E-state index contributed by atoms with van der Waals surface area (Å²) < 4.78 is 6.90. The van der Waals surface area contributed by atoms with Crippen molar-refractivity contribution < 1.29 is 4.74 Å². The molecule has 1 aromatic carbocycles. The molecule has 0 saturated carbocycles. The van der Waals surface area contributed by atoms with Gasteiger partial charge in [-0.1, -0.05) is 29.8 Å². The topological polar surface area (TPSA) is 25.4 Å². The van der Waals surface area contributed by atoms with Crippen LogP contribution < -0.4 is 4.90 Å². The van der Waals surface area contributed by atoms with Crippen molar-refractivity contribution in [3.05, 3.63) is 57.2 Å². The maximum Gasteiger partial charge on any atom is 0.131 e. The van der Waals surface area contributed by atoms with Gasteiger partial charge >= 0.3 is 0 Å². The Kier molecular flexibility index (Phi) is 4.48. The maximum absolute atomic E-state index is 6.28. The molecule has 1 aromatic heterocycles. The summed E-state index contributed by atoms with van der Waals surface area (Å²) in [6.45, 7) is 4.36. The molecule has 3 rings (SSSR count). The summed E-state index contributed by atoms with van der Waals surface area (Å²) in [4.78, 5) is 6.81. The number of aryl methyl sites for hydroxylation is 1. The fraction of sp³-hybridized carbons (Fsp3) is 0.312. The van der Waals surface area contributed by atoms with Gasteiger partial charge in [0.05, 0.1) is 6.61 Å². The van der Waals surface area contributed by atoms with Gasteiger partial charge in [-0.3, -0.25) is 0 Å². The van der Waals surface area contributed by atoms with Crippen molar-refractivity contribution in [2.45, 2.75) is 13.0 Å². The predicted molar refractivity (Wildman–Crippen MR) is 89.0 cm³/mol. The zero-order valence-corrected chi connectivity index (χ0v) is 14.1. The molecule has 5 heteroatoms. The van der Waals surface area contributed by atoms with E-state index in [0.29, 0.717) is 6.61 Å². The van der Waals surface area contributed by atoms with E-state index in [0.717, 1.165) is 39.5 Å². The number of hydrogen-bond donors (Lipinski definition) is 0. The maximum atomic E-state index is 6.28. The van der Waals surface area contributed by atoms with Gasteiger partial charge in [0, 0.05) is 34.3 Å². The van der Waals surface area contributed by atoms with Gasteiger partial charge in [-0.2, -0.15) is 0 Å². The average molecular weight is 368 g/mol. The minimum Gasteiger partial charge on any atom is -0.370 e. The van der Waals surface area contributed by atoms with Crippen LogP contribution in [-0.4, -0.2) is 24.7 Å². The first kappa shape index (κ1) is 14.8. The van der Waals surface area contributed by atoms with E-state index < -0.39 is 0 Å². The number of nitrogens with zero attached hydrogens (tertiary/aromatic N) is 2. The molecule has 1 saturated heterocycles. The number of halogens is 2. The molecule has 1 aliphatic rings. The van der Waals surface area contributed by atoms with Gasteiger partial charge in [0.15, 0.2) is 0 Å². The van der Waals surface area contributed by atoms with Gasteiger partial charge in [0.25, 0.3) is 0 Å². The Morgan fingerprint density at radius 1 is 1.38 bits per heavy atom. The Labute approximate surface area is 138 Å². The van der Waals surface area contributed by atoms with E-state index in [9.17, 15) is 0 Å². The number of pyridine rings is 1. The van der Waals surface area contributed by atoms with Gasteiger partial charge in [-0.15, -0.1) is 0 Å². The first-order valence-corrected chi connectivity index (χ1v) is 8.05. The molecule has 2 heterocycles. The van der Waals surface area contributed by atoms with Crippen molar-refractivity contribution in [2.75, 3.05) is 24.6 Å². The third-order valence-corrected chi connectivity index (χ3v) is 4.41. The zero-order valence-electron chi connectivity index (χ0n) is 11.7. The van der Waals surface area contributed by atoms with Crippen LogP contribution >= 0.6 is 27.5 Å². The van der Waals surface area contributed by atoms with Crippen LogP contribution in [-0.2, 0) is 4.74 Å². The van der Waals surface area contributed by atoms with Crippen LogP contribution in [0.1, 0.15) is 17.2 Å². The second-order valence-corrected chi connectivity index (χ2v) is 6.44. The number of benzene rings is 1. The molecule has 1 aliphatic heterocycles. The number of aromatic nitrogens is 1. The largest absolute Gasteiger partial charge is 0.370 e. The van der Waals surface area contributed by atoms with E-state index in [1.165, 1.54) is 0 Å². The van der Waals surface area contributed by atoms with Gasteiger partial charge < -0.3 is 9.64 Å². The summed E-state index contributed by atoms with van der Waals surface area (Å²) >= 11 is 9.74. The summed E-state index contributed by atoms with van der Waals surface area (Å²) in [5.41, 5.74) is 2.20. The Morgan fingerprint density at radius 3 is 2.95 bits per heavy atom. The number of ether oxygens (including phenoxy) is 1. The quantitative estimate of drug-likeness (QED) is 0.787. The second-order valence-electron chi connectivity index (χ2n) is 5.12. The van der Waals surface area contributed by atoms with Crippen molar-refractivity contribution in [3.8, 4) is 0 Å². The molecule has 3 nitrogen and oxygen atoms in total. The van der Waals surface area contributed by atoms with Gasteiger partial charge in [-0.25, -0.2) is 4.98 Å². The lowest BCUT2D eigenvalue weighted by Crippen LogP contribution is -2.39. The smallest absolute Gasteiger partial charge is 0.131 e. The Morgan fingerprint density at radius 2 is 2.19 bits per heavy atom. The van der Waals surface area contributed by atoms with Crippen LogP contribution in [0.4, 0.5) is 5.82 Å². The Bertz CT molecular complexity index is 650. The highest BCUT2D eigenvalue weighted by Crippen LogP contribution is 2.31. The number of hydrogen-bond acceptors (Lipinski definition) is 3. The molecular weight excluding hydrogens is 352 g/mol. The molecule has 110 valence electrons. The highest BCUT2D eigenvalue weighted by molar-refractivity contribution is 9.10. The first-order chi connectivity index (χ1) is 10.1. The van der Waals surface area contributed by atoms with Crippen molar-refractivity contribution in [1.82, 2.24) is 4.98 Å². The molecule has 1 unspecified atom stereocenters. The fourth-order valence-electron chi connectivity index (χ4n) is 2.63. The van der Waals surface area contributed by atoms with Crippen LogP contribution in [0.5, 0.6) is 0 Å². The Balaban J connectivity index is 1.84. The van der Waals surface area contributed by atoms with Crippen LogP contribution in [0, 0.1) is 6.92 Å². The molecule has 0 radical (unpaired) electrons. The molecule has 0 aliphatic carbocycles. The summed E-state index contributed by atoms with van der Waals surface area (Å²) in [5, 5.41) is 0.754. The number of morpholine rings is 1. The van der Waals surface area contributed by atoms with Crippen molar-refractivity contribution in [2.24, 2.45) is 0 Å². The minimum absolute atomic E-state index is 0.0164. The lowest BCUT2D eigenvalue weighted by atomic mass is 10.1. The molecule has 1 fully saturated rings. The molecule has 0 spiro atoms. The van der Waals surface area contributed by atoms with Crippen molar-refractivity contribution >= 4 is 33.3 Å². The summed E-state index contributed by atoms with van der Waals surface area (Å²) in [7, 11) is 0. The first-order valence-electron chi connectivity index (χ1n) is 6.88. The minimum atomic E-state index is -0.0164. The molecule has 21 heavy (non-hydrogen) atoms. The molecule has 0 bridgehead atoms. The zero-order chi connectivity index (χ0) is 14.8. The molecule has 0 N–H and O–H groups in total. The highest BCUT2D eigenvalue weighted by atomic mass is 79.9. The molecular formula is C16H16BrClN2O. The van der Waals surface area contributed by atoms with Crippen LogP contribution in [0.3, 0.4) is 0 Å². The van der Waals surface area contributed by atoms with E-state index in [1.54, 1.807) is 0 Å². The predicted octanol–water partition coefficient (Wildman–Crippen LogP) is 4.38. The third kappa shape index (κ3) is 3.23. The molecule has 2 aromatic rings. The van der Waals surface area contributed by atoms with E-state index in [1.807, 2.05) is 30.5 Å². The van der Waals surface area contributed by atoms with Gasteiger partial charge in [-0.05, 0) is 40.5 Å². The van der Waals surface area contributed by atoms with Crippen molar-refractivity contribution in [3.63, 3.8) is 0 Å². The van der Waals surface area contributed by atoms with Crippen molar-refractivity contribution in [1.29, 1.82) is 0 Å². The standard InChI is InChI=1S/C16H16BrClN2O/c1-11-8-12(17)9-19-16(11)20-6-7-21-15(10-20)13-4-2-3-5-14(13)18/h2-5,8-9,15H,6-7,10H2,1H3. The molecule has 1 atom stereocenters. The van der Waals surface area contributed by atoms with E-state index in [4.69, 9.17) is 16.3 Å². The van der Waals surface area contributed by atoms with E-state index >= 15 is 0 Å². The van der Waals surface area contributed by atoms with Crippen LogP contribution in [0.25, 0.3) is 0 Å². The summed E-state index contributed by atoms with van der Waals surface area (Å²) in [6, 6.07) is 9.95. The number of rotatable bonds is 2. The number of anilines is 1. The fourth-order valence-corrected chi connectivity index (χ4v) is 3.33. The van der Waals surface area contributed by atoms with E-state index in [2.05, 4.69) is 38.8 Å². The normalized spacial score (nSPS) is 18.8. The molecule has 0 amide bonds. The summed E-state index contributed by atoms with van der Waals surface area (Å²) in [5.74, 6) is 1.01. The SMILES string of the molecule is Cc1cc(Br)cnc1N1CCOC(c2ccccc2Cl)C1. The lowest BCUT2D eigenvalue weighted by Gasteiger charge is -2.35. The monoisotopic (exact) mass is 366 g/mol. The van der Waals surface area contributed by atoms with Gasteiger partial charge in [0.2, 0.25) is 0 Å². The average Bonchev–Trinajstić information content (AvgIpc) is 2.48. The van der Waals surface area contributed by atoms with E-state index in [-0.39, 0.29) is 6.10 Å². The van der Waals surface area contributed by atoms with Crippen LogP contribution in [0.15, 0.2) is 41.0 Å². The highest BCUT2D eigenvalue weighted by Gasteiger charge is 2.25.